The number of rotatable bonds is 0. The summed E-state index contributed by atoms with van der Waals surface area (Å²) in [7, 11) is 0. The smallest absolute Gasteiger partial charge is 0.311 e. The maximum absolute atomic E-state index is 10.8. The van der Waals surface area contributed by atoms with Crippen LogP contribution in [0.4, 0.5) is 0 Å². The summed E-state index contributed by atoms with van der Waals surface area (Å²) in [6.07, 6.45) is 0. The first-order chi connectivity index (χ1) is 4.45. The highest BCUT2D eigenvalue weighted by Gasteiger charge is 2.46. The molecule has 0 saturated carbocycles. The number of hydrogen-bond acceptors (Lipinski definition) is 3. The highest BCUT2D eigenvalue weighted by molar-refractivity contribution is 5.75. The Morgan fingerprint density at radius 3 is 2.20 bits per heavy atom. The minimum atomic E-state index is -1.25. The predicted molar refractivity (Wildman–Crippen MR) is 35.0 cm³/mol. The number of esters is 1. The summed E-state index contributed by atoms with van der Waals surface area (Å²) >= 11 is 0. The van der Waals surface area contributed by atoms with Crippen LogP contribution in [-0.2, 0) is 9.53 Å². The van der Waals surface area contributed by atoms with Gasteiger partial charge in [0.15, 0.2) is 0 Å². The van der Waals surface area contributed by atoms with Crippen molar-refractivity contribution in [1.29, 1.82) is 0 Å². The topological polar surface area (TPSA) is 46.5 Å². The molecular weight excluding hydrogens is 132 g/mol. The minimum Gasteiger partial charge on any atom is -0.433 e. The van der Waals surface area contributed by atoms with E-state index in [9.17, 15) is 9.90 Å². The average molecular weight is 144 g/mol. The lowest BCUT2D eigenvalue weighted by Crippen LogP contribution is -2.30. The van der Waals surface area contributed by atoms with Crippen LogP contribution in [-0.4, -0.2) is 16.9 Å². The fourth-order valence-corrected chi connectivity index (χ4v) is 1.06. The standard InChI is InChI=1S/C7H12O3/c1-4-5(2)7(3,9)10-6(4)8/h4-5,9H,1-3H3/t4-,5-,7+/m0/s1. The first-order valence-electron chi connectivity index (χ1n) is 3.40. The number of aliphatic hydroxyl groups is 1. The van der Waals surface area contributed by atoms with E-state index >= 15 is 0 Å². The second-order valence-corrected chi connectivity index (χ2v) is 3.05. The monoisotopic (exact) mass is 144 g/mol. The van der Waals surface area contributed by atoms with Crippen LogP contribution >= 0.6 is 0 Å². The lowest BCUT2D eigenvalue weighted by molar-refractivity contribution is -0.190. The van der Waals surface area contributed by atoms with E-state index in [-0.39, 0.29) is 17.8 Å². The highest BCUT2D eigenvalue weighted by atomic mass is 16.7. The molecular formula is C7H12O3. The zero-order valence-corrected chi connectivity index (χ0v) is 6.42. The molecule has 0 aromatic rings. The van der Waals surface area contributed by atoms with Crippen molar-refractivity contribution in [2.24, 2.45) is 11.8 Å². The molecule has 0 spiro atoms. The Kier molecular flexibility index (Phi) is 1.47. The molecule has 1 heterocycles. The normalized spacial score (nSPS) is 47.4. The highest BCUT2D eigenvalue weighted by Crippen LogP contribution is 2.34. The minimum absolute atomic E-state index is 0.111. The van der Waals surface area contributed by atoms with Crippen molar-refractivity contribution in [1.82, 2.24) is 0 Å². The maximum atomic E-state index is 10.8. The van der Waals surface area contributed by atoms with Crippen molar-refractivity contribution in [2.75, 3.05) is 0 Å². The van der Waals surface area contributed by atoms with Gasteiger partial charge >= 0.3 is 5.97 Å². The van der Waals surface area contributed by atoms with E-state index in [1.165, 1.54) is 6.92 Å². The molecule has 3 atom stereocenters. The lowest BCUT2D eigenvalue weighted by atomic mass is 9.93. The Bertz CT molecular complexity index is 162. The van der Waals surface area contributed by atoms with E-state index in [1.54, 1.807) is 13.8 Å². The van der Waals surface area contributed by atoms with Gasteiger partial charge in [-0.2, -0.15) is 0 Å². The van der Waals surface area contributed by atoms with Crippen LogP contribution in [0.3, 0.4) is 0 Å². The SMILES string of the molecule is C[C@@H]1C(=O)O[C@@](C)(O)[C@H]1C. The van der Waals surface area contributed by atoms with Gasteiger partial charge in [-0.25, -0.2) is 0 Å². The fraction of sp³-hybridized carbons (Fsp3) is 0.857. The third-order valence-corrected chi connectivity index (χ3v) is 2.27. The van der Waals surface area contributed by atoms with Crippen molar-refractivity contribution in [3.05, 3.63) is 0 Å². The molecule has 0 aliphatic carbocycles. The zero-order chi connectivity index (χ0) is 7.94. The van der Waals surface area contributed by atoms with Gasteiger partial charge in [-0.15, -0.1) is 0 Å². The van der Waals surface area contributed by atoms with Gasteiger partial charge < -0.3 is 9.84 Å². The second kappa shape index (κ2) is 1.95. The van der Waals surface area contributed by atoms with E-state index in [4.69, 9.17) is 0 Å². The third kappa shape index (κ3) is 0.904. The molecule has 0 radical (unpaired) electrons. The molecule has 0 amide bonds. The summed E-state index contributed by atoms with van der Waals surface area (Å²) in [5, 5.41) is 9.36. The van der Waals surface area contributed by atoms with Crippen LogP contribution in [0, 0.1) is 11.8 Å². The molecule has 0 bridgehead atoms. The first-order valence-corrected chi connectivity index (χ1v) is 3.40. The van der Waals surface area contributed by atoms with Gasteiger partial charge in [-0.3, -0.25) is 4.79 Å². The van der Waals surface area contributed by atoms with E-state index in [1.807, 2.05) is 0 Å². The van der Waals surface area contributed by atoms with Gasteiger partial charge in [0.25, 0.3) is 0 Å². The lowest BCUT2D eigenvalue weighted by Gasteiger charge is -2.19. The molecule has 1 rings (SSSR count). The Morgan fingerprint density at radius 2 is 2.10 bits per heavy atom. The molecule has 1 fully saturated rings. The van der Waals surface area contributed by atoms with Crippen molar-refractivity contribution in [3.8, 4) is 0 Å². The number of carbonyl (C=O) groups excluding carboxylic acids is 1. The number of ether oxygens (including phenoxy) is 1. The zero-order valence-electron chi connectivity index (χ0n) is 6.42. The Balaban J connectivity index is 2.81. The molecule has 10 heavy (non-hydrogen) atoms. The van der Waals surface area contributed by atoms with E-state index in [0.29, 0.717) is 0 Å². The van der Waals surface area contributed by atoms with Gasteiger partial charge in [0, 0.05) is 12.8 Å². The summed E-state index contributed by atoms with van der Waals surface area (Å²) in [6, 6.07) is 0. The van der Waals surface area contributed by atoms with E-state index in [2.05, 4.69) is 4.74 Å². The van der Waals surface area contributed by atoms with Crippen molar-refractivity contribution < 1.29 is 14.6 Å². The van der Waals surface area contributed by atoms with Crippen LogP contribution in [0.5, 0.6) is 0 Å². The summed E-state index contributed by atoms with van der Waals surface area (Å²) in [5.41, 5.74) is 0. The van der Waals surface area contributed by atoms with Crippen molar-refractivity contribution >= 4 is 5.97 Å². The molecule has 1 aliphatic rings. The summed E-state index contributed by atoms with van der Waals surface area (Å²) < 4.78 is 4.69. The Labute approximate surface area is 60.0 Å². The van der Waals surface area contributed by atoms with E-state index < -0.39 is 5.79 Å². The quantitative estimate of drug-likeness (QED) is 0.504. The van der Waals surface area contributed by atoms with E-state index in [0.717, 1.165) is 0 Å². The summed E-state index contributed by atoms with van der Waals surface area (Å²) in [5.74, 6) is -1.86. The first kappa shape index (κ1) is 7.54. The van der Waals surface area contributed by atoms with Gasteiger partial charge in [-0.05, 0) is 0 Å². The van der Waals surface area contributed by atoms with Gasteiger partial charge in [0.1, 0.15) is 0 Å². The maximum Gasteiger partial charge on any atom is 0.311 e. The Hall–Kier alpha value is -0.570. The van der Waals surface area contributed by atoms with Crippen LogP contribution in [0.25, 0.3) is 0 Å². The third-order valence-electron chi connectivity index (χ3n) is 2.27. The largest absolute Gasteiger partial charge is 0.433 e. The molecule has 1 saturated heterocycles. The molecule has 0 aromatic carbocycles. The molecule has 3 nitrogen and oxygen atoms in total. The molecule has 0 aromatic heterocycles. The fourth-order valence-electron chi connectivity index (χ4n) is 1.06. The van der Waals surface area contributed by atoms with Crippen molar-refractivity contribution in [2.45, 2.75) is 26.6 Å². The molecule has 58 valence electrons. The molecule has 1 N–H and O–H groups in total. The van der Waals surface area contributed by atoms with Crippen LogP contribution in [0.1, 0.15) is 20.8 Å². The second-order valence-electron chi connectivity index (χ2n) is 3.05. The Morgan fingerprint density at radius 1 is 1.60 bits per heavy atom. The van der Waals surface area contributed by atoms with Gasteiger partial charge in [0.2, 0.25) is 5.79 Å². The van der Waals surface area contributed by atoms with Crippen LogP contribution in [0.15, 0.2) is 0 Å². The predicted octanol–water partition coefficient (Wildman–Crippen LogP) is 0.524. The summed E-state index contributed by atoms with van der Waals surface area (Å²) in [6.45, 7) is 5.07. The molecule has 0 unspecified atom stereocenters. The molecule has 1 aliphatic heterocycles. The summed E-state index contributed by atoms with van der Waals surface area (Å²) in [4.78, 5) is 10.8. The average Bonchev–Trinajstić information content (AvgIpc) is 1.95. The van der Waals surface area contributed by atoms with Crippen molar-refractivity contribution in [3.63, 3.8) is 0 Å². The number of hydrogen-bond donors (Lipinski definition) is 1. The number of cyclic esters (lactones) is 1. The van der Waals surface area contributed by atoms with Crippen LogP contribution in [0.2, 0.25) is 0 Å². The van der Waals surface area contributed by atoms with Gasteiger partial charge in [0.05, 0.1) is 5.92 Å². The van der Waals surface area contributed by atoms with Crippen LogP contribution < -0.4 is 0 Å². The number of carbonyl (C=O) groups is 1. The van der Waals surface area contributed by atoms with Gasteiger partial charge in [-0.1, -0.05) is 13.8 Å². The molecule has 3 heteroatoms.